The van der Waals surface area contributed by atoms with Crippen molar-refractivity contribution < 1.29 is 4.74 Å². The monoisotopic (exact) mass is 329 g/mol. The summed E-state index contributed by atoms with van der Waals surface area (Å²) in [5, 5.41) is 4.94. The van der Waals surface area contributed by atoms with Crippen LogP contribution in [0.1, 0.15) is 12.5 Å². The third kappa shape index (κ3) is 4.29. The minimum atomic E-state index is 0.530. The summed E-state index contributed by atoms with van der Waals surface area (Å²) in [6.07, 6.45) is 0. The highest BCUT2D eigenvalue weighted by atomic mass is 35.5. The van der Waals surface area contributed by atoms with Crippen LogP contribution in [-0.2, 0) is 6.54 Å². The molecule has 106 valence electrons. The van der Waals surface area contributed by atoms with E-state index in [1.807, 2.05) is 19.1 Å². The Morgan fingerprint density at radius 1 is 0.950 bits per heavy atom. The van der Waals surface area contributed by atoms with Crippen LogP contribution in [0.15, 0.2) is 36.4 Å². The third-order valence-electron chi connectivity index (χ3n) is 2.66. The van der Waals surface area contributed by atoms with Gasteiger partial charge >= 0.3 is 0 Å². The zero-order chi connectivity index (χ0) is 14.5. The lowest BCUT2D eigenvalue weighted by molar-refractivity contribution is 0.473. The average molecular weight is 331 g/mol. The molecular weight excluding hydrogens is 317 g/mol. The highest BCUT2D eigenvalue weighted by Gasteiger charge is 2.07. The molecule has 0 amide bonds. The highest BCUT2D eigenvalue weighted by Crippen LogP contribution is 2.31. The van der Waals surface area contributed by atoms with Gasteiger partial charge in [-0.15, -0.1) is 0 Å². The normalized spacial score (nSPS) is 10.6. The second kappa shape index (κ2) is 7.19. The summed E-state index contributed by atoms with van der Waals surface area (Å²) in [5.74, 6) is 1.28. The quantitative estimate of drug-likeness (QED) is 0.776. The summed E-state index contributed by atoms with van der Waals surface area (Å²) in [6.45, 7) is 3.63. The van der Waals surface area contributed by atoms with Crippen molar-refractivity contribution in [2.45, 2.75) is 13.5 Å². The molecule has 0 saturated heterocycles. The predicted molar refractivity (Wildman–Crippen MR) is 85.4 cm³/mol. The van der Waals surface area contributed by atoms with E-state index in [2.05, 4.69) is 5.32 Å². The molecule has 0 aliphatic carbocycles. The summed E-state index contributed by atoms with van der Waals surface area (Å²) < 4.78 is 5.86. The van der Waals surface area contributed by atoms with E-state index in [0.29, 0.717) is 33.1 Å². The Hall–Kier alpha value is -0.930. The van der Waals surface area contributed by atoms with Crippen molar-refractivity contribution in [1.82, 2.24) is 5.32 Å². The average Bonchev–Trinajstić information content (AvgIpc) is 2.36. The number of hydrogen-bond acceptors (Lipinski definition) is 2. The molecule has 2 rings (SSSR count). The van der Waals surface area contributed by atoms with E-state index in [-0.39, 0.29) is 0 Å². The van der Waals surface area contributed by atoms with Crippen LogP contribution in [0, 0.1) is 0 Å². The fourth-order valence-corrected chi connectivity index (χ4v) is 2.41. The van der Waals surface area contributed by atoms with E-state index in [4.69, 9.17) is 39.5 Å². The Kier molecular flexibility index (Phi) is 5.55. The van der Waals surface area contributed by atoms with E-state index in [0.717, 1.165) is 12.1 Å². The standard InChI is InChI=1S/C15H14Cl3NO/c1-2-19-9-10-3-4-11(16)8-15(10)20-14-6-12(17)5-13(18)7-14/h3-8,19H,2,9H2,1H3. The van der Waals surface area contributed by atoms with Crippen molar-refractivity contribution in [3.8, 4) is 11.5 Å². The van der Waals surface area contributed by atoms with Crippen molar-refractivity contribution in [2.75, 3.05) is 6.54 Å². The second-order valence-electron chi connectivity index (χ2n) is 4.24. The first-order valence-electron chi connectivity index (χ1n) is 6.21. The van der Waals surface area contributed by atoms with Gasteiger partial charge in [0.15, 0.2) is 0 Å². The van der Waals surface area contributed by atoms with Gasteiger partial charge in [-0.05, 0) is 36.9 Å². The Labute approximate surface area is 133 Å². The van der Waals surface area contributed by atoms with Crippen LogP contribution in [0.5, 0.6) is 11.5 Å². The van der Waals surface area contributed by atoms with Gasteiger partial charge in [0.05, 0.1) is 0 Å². The van der Waals surface area contributed by atoms with E-state index in [1.165, 1.54) is 0 Å². The van der Waals surface area contributed by atoms with Crippen LogP contribution < -0.4 is 10.1 Å². The van der Waals surface area contributed by atoms with Crippen LogP contribution in [0.3, 0.4) is 0 Å². The van der Waals surface area contributed by atoms with Crippen LogP contribution in [-0.4, -0.2) is 6.54 Å². The SMILES string of the molecule is CCNCc1ccc(Cl)cc1Oc1cc(Cl)cc(Cl)c1. The molecule has 0 bridgehead atoms. The number of benzene rings is 2. The number of rotatable bonds is 5. The Morgan fingerprint density at radius 2 is 1.65 bits per heavy atom. The molecule has 2 nitrogen and oxygen atoms in total. The molecule has 0 heterocycles. The summed E-state index contributed by atoms with van der Waals surface area (Å²) in [5.41, 5.74) is 1.02. The van der Waals surface area contributed by atoms with Gasteiger partial charge in [0, 0.05) is 27.2 Å². The molecule has 0 spiro atoms. The van der Waals surface area contributed by atoms with Gasteiger partial charge in [-0.3, -0.25) is 0 Å². The molecule has 5 heteroatoms. The third-order valence-corrected chi connectivity index (χ3v) is 3.33. The minimum absolute atomic E-state index is 0.530. The molecule has 2 aromatic rings. The molecule has 2 aromatic carbocycles. The topological polar surface area (TPSA) is 21.3 Å². The molecule has 0 fully saturated rings. The van der Waals surface area contributed by atoms with Crippen LogP contribution in [0.4, 0.5) is 0 Å². The first kappa shape index (κ1) is 15.5. The fourth-order valence-electron chi connectivity index (χ4n) is 1.74. The molecule has 0 aliphatic heterocycles. The van der Waals surface area contributed by atoms with E-state index >= 15 is 0 Å². The van der Waals surface area contributed by atoms with Gasteiger partial charge in [-0.1, -0.05) is 47.8 Å². The zero-order valence-electron chi connectivity index (χ0n) is 10.9. The smallest absolute Gasteiger partial charge is 0.133 e. The van der Waals surface area contributed by atoms with Crippen LogP contribution >= 0.6 is 34.8 Å². The molecular formula is C15H14Cl3NO. The number of ether oxygens (including phenoxy) is 1. The number of hydrogen-bond donors (Lipinski definition) is 1. The zero-order valence-corrected chi connectivity index (χ0v) is 13.2. The first-order valence-corrected chi connectivity index (χ1v) is 7.35. The van der Waals surface area contributed by atoms with Crippen molar-refractivity contribution in [1.29, 1.82) is 0 Å². The lowest BCUT2D eigenvalue weighted by atomic mass is 10.2. The van der Waals surface area contributed by atoms with Gasteiger partial charge in [0.25, 0.3) is 0 Å². The molecule has 0 radical (unpaired) electrons. The van der Waals surface area contributed by atoms with Gasteiger partial charge < -0.3 is 10.1 Å². The van der Waals surface area contributed by atoms with E-state index < -0.39 is 0 Å². The summed E-state index contributed by atoms with van der Waals surface area (Å²) in [7, 11) is 0. The van der Waals surface area contributed by atoms with E-state index in [1.54, 1.807) is 24.3 Å². The maximum absolute atomic E-state index is 6.03. The van der Waals surface area contributed by atoms with Crippen molar-refractivity contribution in [3.05, 3.63) is 57.0 Å². The highest BCUT2D eigenvalue weighted by molar-refractivity contribution is 6.34. The van der Waals surface area contributed by atoms with Gasteiger partial charge in [0.1, 0.15) is 11.5 Å². The van der Waals surface area contributed by atoms with Crippen LogP contribution in [0.2, 0.25) is 15.1 Å². The molecule has 0 aromatic heterocycles. The molecule has 0 unspecified atom stereocenters. The minimum Gasteiger partial charge on any atom is -0.457 e. The Balaban J connectivity index is 2.28. The molecule has 0 atom stereocenters. The van der Waals surface area contributed by atoms with Gasteiger partial charge in [-0.2, -0.15) is 0 Å². The summed E-state index contributed by atoms with van der Waals surface area (Å²) in [6, 6.07) is 10.6. The van der Waals surface area contributed by atoms with Gasteiger partial charge in [0.2, 0.25) is 0 Å². The largest absolute Gasteiger partial charge is 0.457 e. The lowest BCUT2D eigenvalue weighted by Gasteiger charge is -2.12. The summed E-state index contributed by atoms with van der Waals surface area (Å²) in [4.78, 5) is 0. The molecule has 20 heavy (non-hydrogen) atoms. The van der Waals surface area contributed by atoms with E-state index in [9.17, 15) is 0 Å². The van der Waals surface area contributed by atoms with Crippen LogP contribution in [0.25, 0.3) is 0 Å². The van der Waals surface area contributed by atoms with Crippen molar-refractivity contribution in [2.24, 2.45) is 0 Å². The van der Waals surface area contributed by atoms with Crippen molar-refractivity contribution in [3.63, 3.8) is 0 Å². The predicted octanol–water partition coefficient (Wildman–Crippen LogP) is 5.55. The number of nitrogens with one attached hydrogen (secondary N) is 1. The Bertz CT molecular complexity index is 581. The number of halogens is 3. The summed E-state index contributed by atoms with van der Waals surface area (Å²) >= 11 is 18.0. The Morgan fingerprint density at radius 3 is 2.30 bits per heavy atom. The molecule has 0 aliphatic rings. The molecule has 0 saturated carbocycles. The van der Waals surface area contributed by atoms with Gasteiger partial charge in [-0.25, -0.2) is 0 Å². The lowest BCUT2D eigenvalue weighted by Crippen LogP contribution is -2.12. The second-order valence-corrected chi connectivity index (χ2v) is 5.55. The fraction of sp³-hybridized carbons (Fsp3) is 0.200. The first-order chi connectivity index (χ1) is 9.58. The molecule has 1 N–H and O–H groups in total. The maximum Gasteiger partial charge on any atom is 0.133 e. The van der Waals surface area contributed by atoms with Crippen molar-refractivity contribution >= 4 is 34.8 Å². The maximum atomic E-state index is 6.03.